The van der Waals surface area contributed by atoms with E-state index in [9.17, 15) is 4.79 Å². The van der Waals surface area contributed by atoms with Gasteiger partial charge in [-0.1, -0.05) is 0 Å². The first-order valence-electron chi connectivity index (χ1n) is 6.19. The normalized spacial score (nSPS) is 14.7. The maximum Gasteiger partial charge on any atom is 0.271 e. The average molecular weight is 245 g/mol. The van der Waals surface area contributed by atoms with Crippen molar-refractivity contribution in [3.8, 4) is 0 Å². The topological polar surface area (TPSA) is 70.9 Å². The van der Waals surface area contributed by atoms with Crippen LogP contribution in [0.3, 0.4) is 0 Å². The van der Waals surface area contributed by atoms with Crippen LogP contribution >= 0.6 is 0 Å². The lowest BCUT2D eigenvalue weighted by Gasteiger charge is -2.00. The fourth-order valence-corrected chi connectivity index (χ4v) is 1.90. The summed E-state index contributed by atoms with van der Waals surface area (Å²) in [5.41, 5.74) is 1.54. The standard InChI is InChI=1S/C13H15N3O2/c17-13(14-6-5-10-2-1-7-18-10)12-8-11(15-16-12)9-3-4-9/h1-2,7-9H,3-6H2,(H,14,17)(H,15,16). The highest BCUT2D eigenvalue weighted by molar-refractivity contribution is 5.92. The Kier molecular flexibility index (Phi) is 2.88. The summed E-state index contributed by atoms with van der Waals surface area (Å²) in [7, 11) is 0. The maximum atomic E-state index is 11.8. The Balaban J connectivity index is 1.50. The molecule has 3 rings (SSSR count). The number of rotatable bonds is 5. The number of furan rings is 1. The number of amides is 1. The van der Waals surface area contributed by atoms with Crippen LogP contribution in [0, 0.1) is 0 Å². The summed E-state index contributed by atoms with van der Waals surface area (Å²) in [6, 6.07) is 5.58. The molecule has 0 aromatic carbocycles. The summed E-state index contributed by atoms with van der Waals surface area (Å²) < 4.78 is 5.19. The van der Waals surface area contributed by atoms with Gasteiger partial charge in [0, 0.05) is 24.6 Å². The molecule has 1 aliphatic rings. The molecule has 0 bridgehead atoms. The number of hydrogen-bond acceptors (Lipinski definition) is 3. The number of aromatic amines is 1. The molecule has 0 unspecified atom stereocenters. The number of hydrogen-bond donors (Lipinski definition) is 2. The molecule has 2 aromatic heterocycles. The molecule has 0 atom stereocenters. The predicted octanol–water partition coefficient (Wildman–Crippen LogP) is 1.85. The van der Waals surface area contributed by atoms with Gasteiger partial charge in [-0.05, 0) is 31.0 Å². The lowest BCUT2D eigenvalue weighted by Crippen LogP contribution is -2.25. The number of nitrogens with one attached hydrogen (secondary N) is 2. The van der Waals surface area contributed by atoms with Crippen LogP contribution in [0.1, 0.15) is 40.7 Å². The highest BCUT2D eigenvalue weighted by Crippen LogP contribution is 2.38. The molecule has 0 spiro atoms. The van der Waals surface area contributed by atoms with E-state index in [1.165, 1.54) is 12.8 Å². The molecule has 1 aliphatic carbocycles. The molecule has 5 heteroatoms. The summed E-state index contributed by atoms with van der Waals surface area (Å²) in [5.74, 6) is 1.32. The first kappa shape index (κ1) is 11.1. The van der Waals surface area contributed by atoms with E-state index in [4.69, 9.17) is 4.42 Å². The first-order valence-corrected chi connectivity index (χ1v) is 6.19. The minimum absolute atomic E-state index is 0.135. The quantitative estimate of drug-likeness (QED) is 0.844. The maximum absolute atomic E-state index is 11.8. The molecule has 1 saturated carbocycles. The van der Waals surface area contributed by atoms with Crippen LogP contribution in [0.5, 0.6) is 0 Å². The summed E-state index contributed by atoms with van der Waals surface area (Å²) >= 11 is 0. The van der Waals surface area contributed by atoms with Gasteiger partial charge in [-0.15, -0.1) is 0 Å². The highest BCUT2D eigenvalue weighted by Gasteiger charge is 2.26. The number of nitrogens with zero attached hydrogens (tertiary/aromatic N) is 1. The molecule has 1 fully saturated rings. The van der Waals surface area contributed by atoms with E-state index in [2.05, 4.69) is 15.5 Å². The predicted molar refractivity (Wildman–Crippen MR) is 65.3 cm³/mol. The van der Waals surface area contributed by atoms with Gasteiger partial charge in [-0.2, -0.15) is 5.10 Å². The van der Waals surface area contributed by atoms with E-state index in [-0.39, 0.29) is 5.91 Å². The largest absolute Gasteiger partial charge is 0.469 e. The summed E-state index contributed by atoms with van der Waals surface area (Å²) in [6.45, 7) is 0.554. The van der Waals surface area contributed by atoms with Crippen LogP contribution in [0.2, 0.25) is 0 Å². The molecule has 2 N–H and O–H groups in total. The van der Waals surface area contributed by atoms with Gasteiger partial charge in [-0.25, -0.2) is 0 Å². The molecule has 18 heavy (non-hydrogen) atoms. The number of aromatic nitrogens is 2. The van der Waals surface area contributed by atoms with Crippen LogP contribution in [-0.2, 0) is 6.42 Å². The molecule has 5 nitrogen and oxygen atoms in total. The van der Waals surface area contributed by atoms with Crippen LogP contribution < -0.4 is 5.32 Å². The number of carbonyl (C=O) groups excluding carboxylic acids is 1. The Morgan fingerprint density at radius 3 is 3.17 bits per heavy atom. The van der Waals surface area contributed by atoms with Crippen LogP contribution in [0.4, 0.5) is 0 Å². The third-order valence-electron chi connectivity index (χ3n) is 3.08. The second kappa shape index (κ2) is 4.68. The third-order valence-corrected chi connectivity index (χ3v) is 3.08. The van der Waals surface area contributed by atoms with Crippen molar-refractivity contribution in [3.63, 3.8) is 0 Å². The van der Waals surface area contributed by atoms with Crippen molar-refractivity contribution in [2.24, 2.45) is 0 Å². The third kappa shape index (κ3) is 2.45. The van der Waals surface area contributed by atoms with Gasteiger partial charge in [0.1, 0.15) is 11.5 Å². The van der Waals surface area contributed by atoms with Gasteiger partial charge < -0.3 is 9.73 Å². The average Bonchev–Trinajstić information content (AvgIpc) is 2.92. The first-order chi connectivity index (χ1) is 8.83. The summed E-state index contributed by atoms with van der Waals surface area (Å²) in [5, 5.41) is 9.78. The summed E-state index contributed by atoms with van der Waals surface area (Å²) in [4.78, 5) is 11.8. The molecule has 1 amide bonds. The molecular weight excluding hydrogens is 230 g/mol. The molecule has 0 radical (unpaired) electrons. The van der Waals surface area contributed by atoms with E-state index in [0.29, 0.717) is 24.6 Å². The Hall–Kier alpha value is -2.04. The van der Waals surface area contributed by atoms with E-state index >= 15 is 0 Å². The monoisotopic (exact) mass is 245 g/mol. The Labute approximate surface area is 105 Å². The van der Waals surface area contributed by atoms with Crippen molar-refractivity contribution >= 4 is 5.91 Å². The van der Waals surface area contributed by atoms with Crippen molar-refractivity contribution in [3.05, 3.63) is 41.6 Å². The Morgan fingerprint density at radius 1 is 1.56 bits per heavy atom. The molecule has 2 heterocycles. The lowest BCUT2D eigenvalue weighted by molar-refractivity contribution is 0.0948. The van der Waals surface area contributed by atoms with Crippen molar-refractivity contribution in [1.29, 1.82) is 0 Å². The molecule has 0 saturated heterocycles. The van der Waals surface area contributed by atoms with Gasteiger partial charge in [0.25, 0.3) is 5.91 Å². The fraction of sp³-hybridized carbons (Fsp3) is 0.385. The SMILES string of the molecule is O=C(NCCc1ccco1)c1cc(C2CC2)[nH]n1. The molecule has 2 aromatic rings. The molecule has 0 aliphatic heterocycles. The Morgan fingerprint density at radius 2 is 2.44 bits per heavy atom. The minimum Gasteiger partial charge on any atom is -0.469 e. The minimum atomic E-state index is -0.135. The Bertz CT molecular complexity index is 526. The smallest absolute Gasteiger partial charge is 0.271 e. The van der Waals surface area contributed by atoms with Crippen LogP contribution in [-0.4, -0.2) is 22.6 Å². The van der Waals surface area contributed by atoms with Gasteiger partial charge in [0.2, 0.25) is 0 Å². The van der Waals surface area contributed by atoms with E-state index in [0.717, 1.165) is 11.5 Å². The van der Waals surface area contributed by atoms with Gasteiger partial charge >= 0.3 is 0 Å². The van der Waals surface area contributed by atoms with Crippen molar-refractivity contribution in [1.82, 2.24) is 15.5 Å². The van der Waals surface area contributed by atoms with Crippen molar-refractivity contribution < 1.29 is 9.21 Å². The summed E-state index contributed by atoms with van der Waals surface area (Å²) in [6.07, 6.45) is 4.72. The second-order valence-electron chi connectivity index (χ2n) is 4.57. The molecule has 94 valence electrons. The van der Waals surface area contributed by atoms with Crippen molar-refractivity contribution in [2.75, 3.05) is 6.54 Å². The number of H-pyrrole nitrogens is 1. The van der Waals surface area contributed by atoms with E-state index in [1.807, 2.05) is 18.2 Å². The van der Waals surface area contributed by atoms with Gasteiger partial charge in [0.15, 0.2) is 0 Å². The van der Waals surface area contributed by atoms with Gasteiger partial charge in [-0.3, -0.25) is 9.89 Å². The zero-order chi connectivity index (χ0) is 12.4. The lowest BCUT2D eigenvalue weighted by atomic mass is 10.2. The second-order valence-corrected chi connectivity index (χ2v) is 4.57. The van der Waals surface area contributed by atoms with Gasteiger partial charge in [0.05, 0.1) is 6.26 Å². The van der Waals surface area contributed by atoms with Crippen LogP contribution in [0.25, 0.3) is 0 Å². The molecular formula is C13H15N3O2. The zero-order valence-corrected chi connectivity index (χ0v) is 9.98. The zero-order valence-electron chi connectivity index (χ0n) is 9.98. The van der Waals surface area contributed by atoms with E-state index < -0.39 is 0 Å². The highest BCUT2D eigenvalue weighted by atomic mass is 16.3. The van der Waals surface area contributed by atoms with Crippen molar-refractivity contribution in [2.45, 2.75) is 25.2 Å². The number of carbonyl (C=O) groups is 1. The van der Waals surface area contributed by atoms with E-state index in [1.54, 1.807) is 6.26 Å². The van der Waals surface area contributed by atoms with Crippen LogP contribution in [0.15, 0.2) is 28.9 Å². The fourth-order valence-electron chi connectivity index (χ4n) is 1.90.